The summed E-state index contributed by atoms with van der Waals surface area (Å²) in [6.45, 7) is 10.5. The highest BCUT2D eigenvalue weighted by Gasteiger charge is 2.23. The van der Waals surface area contributed by atoms with Crippen molar-refractivity contribution in [2.24, 2.45) is 22.6 Å². The van der Waals surface area contributed by atoms with E-state index in [1.807, 2.05) is 7.05 Å². The Morgan fingerprint density at radius 1 is 1.19 bits per heavy atom. The van der Waals surface area contributed by atoms with Gasteiger partial charge < -0.3 is 5.73 Å². The van der Waals surface area contributed by atoms with Gasteiger partial charge in [0.15, 0.2) is 0 Å². The van der Waals surface area contributed by atoms with E-state index in [9.17, 15) is 0 Å². The highest BCUT2D eigenvalue weighted by atomic mass is 14.7. The van der Waals surface area contributed by atoms with E-state index in [0.717, 1.165) is 50.7 Å². The summed E-state index contributed by atoms with van der Waals surface area (Å²) < 4.78 is 0. The molecule has 2 nitrogen and oxygen atoms in total. The maximum absolute atomic E-state index is 6.82. The number of nitrogens with zero attached hydrogens (tertiary/aromatic N) is 1. The van der Waals surface area contributed by atoms with Crippen molar-refractivity contribution >= 4 is 5.71 Å². The molecule has 0 aromatic carbocycles. The molecule has 2 N–H and O–H groups in total. The third kappa shape index (κ3) is 8.45. The molecule has 0 radical (unpaired) electrons. The SMILES string of the molecule is C=C(C)CC(CC(N)CC(/C=C\C)/C(=C\C(C)=NC)C1=CCCC=C1)C1=CC=CCC1. The van der Waals surface area contributed by atoms with Crippen LogP contribution in [0.4, 0.5) is 0 Å². The van der Waals surface area contributed by atoms with E-state index >= 15 is 0 Å². The zero-order valence-corrected chi connectivity index (χ0v) is 20.1. The van der Waals surface area contributed by atoms with Gasteiger partial charge in [-0.1, -0.05) is 59.8 Å². The topological polar surface area (TPSA) is 38.4 Å². The summed E-state index contributed by atoms with van der Waals surface area (Å²) in [7, 11) is 1.86. The first-order chi connectivity index (χ1) is 14.9. The van der Waals surface area contributed by atoms with Gasteiger partial charge in [0.05, 0.1) is 0 Å². The van der Waals surface area contributed by atoms with E-state index in [1.54, 1.807) is 0 Å². The second kappa shape index (κ2) is 13.3. The average molecular weight is 419 g/mol. The monoisotopic (exact) mass is 418 g/mol. The molecule has 0 bridgehead atoms. The Kier molecular flexibility index (Phi) is 10.7. The summed E-state index contributed by atoms with van der Waals surface area (Å²) in [5.74, 6) is 0.778. The van der Waals surface area contributed by atoms with Crippen LogP contribution in [0.3, 0.4) is 0 Å². The van der Waals surface area contributed by atoms with Crippen molar-refractivity contribution in [3.05, 3.63) is 83.6 Å². The second-order valence-electron chi connectivity index (χ2n) is 9.03. The number of hydrogen-bond donors (Lipinski definition) is 1. The van der Waals surface area contributed by atoms with Crippen LogP contribution < -0.4 is 5.73 Å². The van der Waals surface area contributed by atoms with Crippen LogP contribution in [0.25, 0.3) is 0 Å². The Morgan fingerprint density at radius 2 is 2.00 bits per heavy atom. The smallest absolute Gasteiger partial charge is 0.0317 e. The van der Waals surface area contributed by atoms with Gasteiger partial charge in [-0.05, 0) is 88.9 Å². The number of hydrogen-bond acceptors (Lipinski definition) is 2. The molecule has 3 unspecified atom stereocenters. The van der Waals surface area contributed by atoms with Crippen LogP contribution in [0.2, 0.25) is 0 Å². The first-order valence-corrected chi connectivity index (χ1v) is 11.8. The van der Waals surface area contributed by atoms with Gasteiger partial charge in [0.25, 0.3) is 0 Å². The van der Waals surface area contributed by atoms with Gasteiger partial charge >= 0.3 is 0 Å². The highest BCUT2D eigenvalue weighted by Crippen LogP contribution is 2.33. The van der Waals surface area contributed by atoms with Crippen LogP contribution in [-0.2, 0) is 0 Å². The molecule has 2 rings (SSSR count). The van der Waals surface area contributed by atoms with Crippen LogP contribution in [-0.4, -0.2) is 18.8 Å². The maximum atomic E-state index is 6.82. The third-order valence-electron chi connectivity index (χ3n) is 6.18. The molecule has 0 saturated heterocycles. The van der Waals surface area contributed by atoms with Crippen molar-refractivity contribution in [3.8, 4) is 0 Å². The largest absolute Gasteiger partial charge is 0.328 e. The van der Waals surface area contributed by atoms with E-state index in [4.69, 9.17) is 5.73 Å². The normalized spacial score (nSPS) is 20.4. The molecular formula is C29H42N2. The Balaban J connectivity index is 2.24. The Morgan fingerprint density at radius 3 is 2.58 bits per heavy atom. The lowest BCUT2D eigenvalue weighted by Gasteiger charge is -2.28. The molecule has 0 fully saturated rings. The summed E-state index contributed by atoms with van der Waals surface area (Å²) in [6, 6.07) is 0.132. The lowest BCUT2D eigenvalue weighted by atomic mass is 9.79. The molecule has 0 aliphatic heterocycles. The minimum absolute atomic E-state index is 0.132. The van der Waals surface area contributed by atoms with Gasteiger partial charge in [0.1, 0.15) is 0 Å². The molecule has 0 heterocycles. The van der Waals surface area contributed by atoms with Crippen LogP contribution in [0.1, 0.15) is 65.7 Å². The lowest BCUT2D eigenvalue weighted by molar-refractivity contribution is 0.430. The van der Waals surface area contributed by atoms with E-state index in [1.165, 1.54) is 22.3 Å². The summed E-state index contributed by atoms with van der Waals surface area (Å²) in [4.78, 5) is 4.40. The molecule has 2 heteroatoms. The van der Waals surface area contributed by atoms with Crippen molar-refractivity contribution in [3.63, 3.8) is 0 Å². The maximum Gasteiger partial charge on any atom is 0.0317 e. The predicted octanol–water partition coefficient (Wildman–Crippen LogP) is 7.44. The van der Waals surface area contributed by atoms with E-state index in [2.05, 4.69) is 87.0 Å². The molecule has 2 aliphatic carbocycles. The van der Waals surface area contributed by atoms with Crippen molar-refractivity contribution in [1.82, 2.24) is 0 Å². The Bertz CT molecular complexity index is 814. The fraction of sp³-hybridized carbons (Fsp3) is 0.483. The number of rotatable bonds is 11. The molecular weight excluding hydrogens is 376 g/mol. The van der Waals surface area contributed by atoms with Crippen molar-refractivity contribution < 1.29 is 0 Å². The second-order valence-corrected chi connectivity index (χ2v) is 9.03. The van der Waals surface area contributed by atoms with Gasteiger partial charge in [0.2, 0.25) is 0 Å². The van der Waals surface area contributed by atoms with Gasteiger partial charge in [-0.2, -0.15) is 0 Å². The van der Waals surface area contributed by atoms with E-state index < -0.39 is 0 Å². The quantitative estimate of drug-likeness (QED) is 0.275. The zero-order valence-electron chi connectivity index (χ0n) is 20.1. The Labute approximate surface area is 190 Å². The van der Waals surface area contributed by atoms with Crippen molar-refractivity contribution in [2.75, 3.05) is 7.05 Å². The molecule has 0 spiro atoms. The molecule has 2 aliphatic rings. The molecule has 3 atom stereocenters. The lowest BCUT2D eigenvalue weighted by Crippen LogP contribution is -2.28. The van der Waals surface area contributed by atoms with Gasteiger partial charge in [-0.3, -0.25) is 4.99 Å². The number of allylic oxidation sites excluding steroid dienone is 13. The molecule has 0 saturated carbocycles. The summed E-state index contributed by atoms with van der Waals surface area (Å²) in [5, 5.41) is 0. The standard InChI is InChI=1S/C29H42N2/c1-6-13-26(29(19-23(4)31-5)25-16-11-8-12-17-25)20-28(30)21-27(18-22(2)3)24-14-9-7-10-15-24/h6-7,9,11,13-14,16-17,19,26-28H,2,8,10,12,15,18,20-21,30H2,1,3-5H3/b13-6-,29-19-,31-23?. The average Bonchev–Trinajstić information content (AvgIpc) is 2.77. The van der Waals surface area contributed by atoms with Gasteiger partial charge in [0, 0.05) is 24.7 Å². The van der Waals surface area contributed by atoms with Gasteiger partial charge in [-0.25, -0.2) is 0 Å². The predicted molar refractivity (Wildman–Crippen MR) is 138 cm³/mol. The van der Waals surface area contributed by atoms with Crippen LogP contribution in [0.15, 0.2) is 88.5 Å². The van der Waals surface area contributed by atoms with Crippen LogP contribution >= 0.6 is 0 Å². The Hall–Kier alpha value is -2.19. The number of aliphatic imine (C=N–C) groups is 1. The van der Waals surface area contributed by atoms with E-state index in [0.29, 0.717) is 5.92 Å². The number of nitrogens with two attached hydrogens (primary N) is 1. The fourth-order valence-electron chi connectivity index (χ4n) is 4.60. The van der Waals surface area contributed by atoms with Crippen molar-refractivity contribution in [1.29, 1.82) is 0 Å². The van der Waals surface area contributed by atoms with E-state index in [-0.39, 0.29) is 12.0 Å². The molecule has 0 aromatic rings. The van der Waals surface area contributed by atoms with Gasteiger partial charge in [-0.15, -0.1) is 6.58 Å². The fourth-order valence-corrected chi connectivity index (χ4v) is 4.60. The zero-order chi connectivity index (χ0) is 22.6. The summed E-state index contributed by atoms with van der Waals surface area (Å²) in [5.41, 5.74) is 13.3. The third-order valence-corrected chi connectivity index (χ3v) is 6.18. The minimum atomic E-state index is 0.132. The molecule has 0 aromatic heterocycles. The highest BCUT2D eigenvalue weighted by molar-refractivity contribution is 5.94. The molecule has 31 heavy (non-hydrogen) atoms. The summed E-state index contributed by atoms with van der Waals surface area (Å²) in [6.07, 6.45) is 27.9. The van der Waals surface area contributed by atoms with Crippen molar-refractivity contribution in [2.45, 2.75) is 71.8 Å². The summed E-state index contributed by atoms with van der Waals surface area (Å²) >= 11 is 0. The molecule has 0 amide bonds. The molecule has 168 valence electrons. The minimum Gasteiger partial charge on any atom is -0.328 e. The first-order valence-electron chi connectivity index (χ1n) is 11.8. The van der Waals surface area contributed by atoms with Crippen LogP contribution in [0, 0.1) is 11.8 Å². The van der Waals surface area contributed by atoms with Crippen LogP contribution in [0.5, 0.6) is 0 Å². The first kappa shape index (κ1) is 25.1.